The first-order chi connectivity index (χ1) is 7.47. The summed E-state index contributed by atoms with van der Waals surface area (Å²) in [4.78, 5) is 9.08. The molecule has 0 saturated carbocycles. The van der Waals surface area contributed by atoms with Crippen LogP contribution in [0.2, 0.25) is 0 Å². The maximum Gasteiger partial charge on any atom is 0.112 e. The summed E-state index contributed by atoms with van der Waals surface area (Å²) >= 11 is 0. The van der Waals surface area contributed by atoms with E-state index in [1.807, 2.05) is 0 Å². The molecule has 1 aliphatic heterocycles. The van der Waals surface area contributed by atoms with Gasteiger partial charge in [0.25, 0.3) is 0 Å². The van der Waals surface area contributed by atoms with E-state index in [4.69, 9.17) is 5.73 Å². The minimum atomic E-state index is 0.279. The third-order valence-corrected chi connectivity index (χ3v) is 3.45. The summed E-state index contributed by atoms with van der Waals surface area (Å²) in [7, 11) is 1.78. The van der Waals surface area contributed by atoms with Gasteiger partial charge in [-0.25, -0.2) is 0 Å². The molecule has 0 aromatic rings. The topological polar surface area (TPSA) is 44.9 Å². The lowest BCUT2D eigenvalue weighted by atomic mass is 10.1. The van der Waals surface area contributed by atoms with Crippen molar-refractivity contribution in [1.29, 1.82) is 0 Å². The number of hydrogen-bond acceptors (Lipinski definition) is 3. The minimum Gasteiger partial charge on any atom is -0.386 e. The molecule has 1 rings (SSSR count). The van der Waals surface area contributed by atoms with Crippen molar-refractivity contribution in [3.8, 4) is 0 Å². The van der Waals surface area contributed by atoms with Crippen LogP contribution >= 0.6 is 0 Å². The zero-order valence-corrected chi connectivity index (χ0v) is 11.3. The molecule has 0 spiro atoms. The second-order valence-electron chi connectivity index (χ2n) is 5.08. The van der Waals surface area contributed by atoms with Crippen LogP contribution in [-0.2, 0) is 0 Å². The van der Waals surface area contributed by atoms with Crippen LogP contribution in [0.15, 0.2) is 4.99 Å². The molecule has 2 N–H and O–H groups in total. The first-order valence-electron chi connectivity index (χ1n) is 6.19. The van der Waals surface area contributed by atoms with E-state index in [9.17, 15) is 0 Å². The molecule has 16 heavy (non-hydrogen) atoms. The number of hydrogen-bond donors (Lipinski definition) is 1. The lowest BCUT2D eigenvalue weighted by Gasteiger charge is -2.44. The molecule has 94 valence electrons. The molecule has 1 heterocycles. The Bertz CT molecular complexity index is 247. The monoisotopic (exact) mass is 226 g/mol. The van der Waals surface area contributed by atoms with Gasteiger partial charge in [0.1, 0.15) is 5.84 Å². The average Bonchev–Trinajstić information content (AvgIpc) is 2.26. The Kier molecular flexibility index (Phi) is 4.74. The molecule has 1 saturated heterocycles. The Hall–Kier alpha value is -0.610. The smallest absolute Gasteiger partial charge is 0.112 e. The van der Waals surface area contributed by atoms with Crippen LogP contribution < -0.4 is 5.73 Å². The van der Waals surface area contributed by atoms with Gasteiger partial charge in [0, 0.05) is 38.8 Å². The normalized spacial score (nSPS) is 25.7. The van der Waals surface area contributed by atoms with E-state index in [-0.39, 0.29) is 6.04 Å². The molecular formula is C12H26N4. The third kappa shape index (κ3) is 2.95. The van der Waals surface area contributed by atoms with E-state index in [0.29, 0.717) is 12.1 Å². The fourth-order valence-electron chi connectivity index (χ4n) is 2.32. The number of nitrogens with zero attached hydrogens (tertiary/aromatic N) is 3. The largest absolute Gasteiger partial charge is 0.386 e. The minimum absolute atomic E-state index is 0.279. The molecule has 0 aliphatic carbocycles. The highest BCUT2D eigenvalue weighted by molar-refractivity contribution is 5.86. The summed E-state index contributed by atoms with van der Waals surface area (Å²) in [5, 5.41) is 0. The van der Waals surface area contributed by atoms with E-state index in [0.717, 1.165) is 25.5 Å². The second-order valence-corrected chi connectivity index (χ2v) is 5.08. The van der Waals surface area contributed by atoms with Crippen molar-refractivity contribution in [2.75, 3.05) is 26.7 Å². The van der Waals surface area contributed by atoms with Gasteiger partial charge >= 0.3 is 0 Å². The van der Waals surface area contributed by atoms with E-state index in [1.165, 1.54) is 0 Å². The van der Waals surface area contributed by atoms with Crippen LogP contribution in [0.3, 0.4) is 0 Å². The third-order valence-electron chi connectivity index (χ3n) is 3.45. The predicted molar refractivity (Wildman–Crippen MR) is 69.9 cm³/mol. The molecule has 4 nitrogen and oxygen atoms in total. The molecule has 0 radical (unpaired) electrons. The van der Waals surface area contributed by atoms with E-state index >= 15 is 0 Å². The van der Waals surface area contributed by atoms with Crippen molar-refractivity contribution in [2.24, 2.45) is 10.7 Å². The Labute approximate surface area is 99.5 Å². The molecule has 1 aliphatic rings. The number of amidine groups is 1. The van der Waals surface area contributed by atoms with Crippen molar-refractivity contribution >= 4 is 5.84 Å². The molecule has 0 bridgehead atoms. The van der Waals surface area contributed by atoms with Gasteiger partial charge in [-0.15, -0.1) is 0 Å². The van der Waals surface area contributed by atoms with Crippen molar-refractivity contribution in [1.82, 2.24) is 9.80 Å². The second kappa shape index (κ2) is 5.64. The number of aliphatic imine (C=N–C) groups is 1. The van der Waals surface area contributed by atoms with Gasteiger partial charge in [0.15, 0.2) is 0 Å². The number of nitrogens with two attached hydrogens (primary N) is 1. The van der Waals surface area contributed by atoms with E-state index < -0.39 is 0 Å². The quantitative estimate of drug-likeness (QED) is 0.571. The molecule has 0 aromatic heterocycles. The van der Waals surface area contributed by atoms with Crippen LogP contribution in [-0.4, -0.2) is 60.4 Å². The first-order valence-corrected chi connectivity index (χ1v) is 6.19. The summed E-state index contributed by atoms with van der Waals surface area (Å²) in [6, 6.07) is 1.39. The van der Waals surface area contributed by atoms with Gasteiger partial charge in [-0.05, 0) is 27.7 Å². The highest BCUT2D eigenvalue weighted by Crippen LogP contribution is 2.15. The summed E-state index contributed by atoms with van der Waals surface area (Å²) in [5.41, 5.74) is 6.02. The van der Waals surface area contributed by atoms with Crippen LogP contribution in [0.4, 0.5) is 0 Å². The van der Waals surface area contributed by atoms with Crippen molar-refractivity contribution in [3.05, 3.63) is 0 Å². The van der Waals surface area contributed by atoms with Gasteiger partial charge < -0.3 is 5.73 Å². The summed E-state index contributed by atoms with van der Waals surface area (Å²) < 4.78 is 0. The lowest BCUT2D eigenvalue weighted by molar-refractivity contribution is 0.0642. The average molecular weight is 226 g/mol. The van der Waals surface area contributed by atoms with Gasteiger partial charge in [-0.1, -0.05) is 0 Å². The van der Waals surface area contributed by atoms with Crippen molar-refractivity contribution < 1.29 is 0 Å². The molecular weight excluding hydrogens is 200 g/mol. The lowest BCUT2D eigenvalue weighted by Crippen LogP contribution is -2.61. The van der Waals surface area contributed by atoms with Gasteiger partial charge in [-0.3, -0.25) is 14.8 Å². The standard InChI is InChI=1S/C12H26N4/c1-9(2)15-6-7-16(10(3)4)11(8-15)12(13)14-5/h9-11H,6-8H2,1-5H3,(H2,13,14). The van der Waals surface area contributed by atoms with Gasteiger partial charge in [0.05, 0.1) is 6.04 Å². The van der Waals surface area contributed by atoms with Gasteiger partial charge in [0.2, 0.25) is 0 Å². The highest BCUT2D eigenvalue weighted by atomic mass is 15.3. The summed E-state index contributed by atoms with van der Waals surface area (Å²) in [6.45, 7) is 12.1. The zero-order chi connectivity index (χ0) is 12.3. The maximum atomic E-state index is 6.02. The maximum absolute atomic E-state index is 6.02. The Balaban J connectivity index is 2.77. The molecule has 0 aromatic carbocycles. The van der Waals surface area contributed by atoms with E-state index in [2.05, 4.69) is 42.5 Å². The highest BCUT2D eigenvalue weighted by Gasteiger charge is 2.31. The molecule has 0 amide bonds. The zero-order valence-electron chi connectivity index (χ0n) is 11.3. The summed E-state index contributed by atoms with van der Waals surface area (Å²) in [6.07, 6.45) is 0. The molecule has 1 unspecified atom stereocenters. The first kappa shape index (κ1) is 13.5. The van der Waals surface area contributed by atoms with Gasteiger partial charge in [-0.2, -0.15) is 0 Å². The fraction of sp³-hybridized carbons (Fsp3) is 0.917. The van der Waals surface area contributed by atoms with Crippen molar-refractivity contribution in [3.63, 3.8) is 0 Å². The number of rotatable bonds is 3. The Morgan fingerprint density at radius 3 is 2.25 bits per heavy atom. The summed E-state index contributed by atoms with van der Waals surface area (Å²) in [5.74, 6) is 0.763. The van der Waals surface area contributed by atoms with Crippen LogP contribution in [0, 0.1) is 0 Å². The SMILES string of the molecule is CN=C(N)C1CN(C(C)C)CCN1C(C)C. The Morgan fingerprint density at radius 2 is 1.81 bits per heavy atom. The Morgan fingerprint density at radius 1 is 1.19 bits per heavy atom. The fourth-order valence-corrected chi connectivity index (χ4v) is 2.32. The molecule has 1 atom stereocenters. The number of piperazine rings is 1. The van der Waals surface area contributed by atoms with Crippen LogP contribution in [0.5, 0.6) is 0 Å². The molecule has 1 fully saturated rings. The van der Waals surface area contributed by atoms with Crippen LogP contribution in [0.1, 0.15) is 27.7 Å². The van der Waals surface area contributed by atoms with E-state index in [1.54, 1.807) is 7.05 Å². The van der Waals surface area contributed by atoms with Crippen LogP contribution in [0.25, 0.3) is 0 Å². The molecule has 4 heteroatoms. The predicted octanol–water partition coefficient (Wildman–Crippen LogP) is 0.776. The van der Waals surface area contributed by atoms with Crippen molar-refractivity contribution in [2.45, 2.75) is 45.8 Å².